The fraction of sp³-hybridized carbons (Fsp3) is 0.942. The number of carbonyl (C=O) groups is 4. The molecule has 0 aromatic rings. The molecule has 0 aromatic heterocycles. The number of phosphoric acid groups is 2. The number of hydrogen-bond acceptors (Lipinski definition) is 15. The van der Waals surface area contributed by atoms with Crippen molar-refractivity contribution < 1.29 is 80.2 Å². The summed E-state index contributed by atoms with van der Waals surface area (Å²) in [5.74, 6) is -1.37. The average Bonchev–Trinajstić information content (AvgIpc) is 3.63. The van der Waals surface area contributed by atoms with Crippen LogP contribution in [0.5, 0.6) is 0 Å². The van der Waals surface area contributed by atoms with E-state index in [1.54, 1.807) is 0 Å². The van der Waals surface area contributed by atoms with Crippen LogP contribution in [0, 0.1) is 5.92 Å². The Labute approximate surface area is 537 Å². The molecule has 3 N–H and O–H groups in total. The van der Waals surface area contributed by atoms with E-state index in [9.17, 15) is 43.2 Å². The van der Waals surface area contributed by atoms with Crippen molar-refractivity contribution in [1.82, 2.24) is 0 Å². The van der Waals surface area contributed by atoms with Crippen molar-refractivity contribution in [3.05, 3.63) is 0 Å². The molecular formula is C69H134O17P2. The Morgan fingerprint density at radius 3 is 0.773 bits per heavy atom. The minimum absolute atomic E-state index is 0.108. The van der Waals surface area contributed by atoms with E-state index in [4.69, 9.17) is 37.0 Å². The second kappa shape index (κ2) is 62.5. The van der Waals surface area contributed by atoms with E-state index in [-0.39, 0.29) is 25.7 Å². The highest BCUT2D eigenvalue weighted by molar-refractivity contribution is 7.47. The Morgan fingerprint density at radius 2 is 0.523 bits per heavy atom. The van der Waals surface area contributed by atoms with E-state index in [0.29, 0.717) is 25.7 Å². The van der Waals surface area contributed by atoms with Gasteiger partial charge in [0.25, 0.3) is 0 Å². The normalized spacial score (nSPS) is 14.1. The lowest BCUT2D eigenvalue weighted by Crippen LogP contribution is -2.30. The maximum Gasteiger partial charge on any atom is 0.472 e. The van der Waals surface area contributed by atoms with Crippen LogP contribution in [0.1, 0.15) is 356 Å². The maximum absolute atomic E-state index is 13.0. The van der Waals surface area contributed by atoms with Gasteiger partial charge < -0.3 is 33.8 Å². The van der Waals surface area contributed by atoms with E-state index in [2.05, 4.69) is 34.6 Å². The molecule has 522 valence electrons. The topological polar surface area (TPSA) is 237 Å². The maximum atomic E-state index is 13.0. The highest BCUT2D eigenvalue weighted by Crippen LogP contribution is 2.45. The predicted molar refractivity (Wildman–Crippen MR) is 354 cm³/mol. The first kappa shape index (κ1) is 86.1. The lowest BCUT2D eigenvalue weighted by Gasteiger charge is -2.21. The number of unbranched alkanes of at least 4 members (excludes halogenated alkanes) is 41. The van der Waals surface area contributed by atoms with Crippen LogP contribution in [-0.2, 0) is 65.4 Å². The lowest BCUT2D eigenvalue weighted by atomic mass is 10.0. The minimum Gasteiger partial charge on any atom is -0.462 e. The molecule has 0 spiro atoms. The van der Waals surface area contributed by atoms with Gasteiger partial charge in [0.1, 0.15) is 19.3 Å². The van der Waals surface area contributed by atoms with Gasteiger partial charge in [0.15, 0.2) is 12.2 Å². The summed E-state index contributed by atoms with van der Waals surface area (Å²) in [6.07, 6.45) is 48.5. The van der Waals surface area contributed by atoms with Crippen molar-refractivity contribution in [1.29, 1.82) is 0 Å². The smallest absolute Gasteiger partial charge is 0.462 e. The second-order valence-electron chi connectivity index (χ2n) is 25.4. The van der Waals surface area contributed by atoms with Gasteiger partial charge in [-0.25, -0.2) is 9.13 Å². The van der Waals surface area contributed by atoms with Crippen LogP contribution in [0.2, 0.25) is 0 Å². The number of ether oxygens (including phenoxy) is 4. The third-order valence-electron chi connectivity index (χ3n) is 16.0. The summed E-state index contributed by atoms with van der Waals surface area (Å²) in [6.45, 7) is 7.22. The second-order valence-corrected chi connectivity index (χ2v) is 28.3. The van der Waals surface area contributed by atoms with Gasteiger partial charge in [-0.3, -0.25) is 37.3 Å². The first-order chi connectivity index (χ1) is 42.5. The molecule has 0 aromatic carbocycles. The van der Waals surface area contributed by atoms with E-state index >= 15 is 0 Å². The Hall–Kier alpha value is -1.94. The molecular weight excluding hydrogens is 1160 g/mol. The average molecular weight is 1300 g/mol. The summed E-state index contributed by atoms with van der Waals surface area (Å²) >= 11 is 0. The number of carbonyl (C=O) groups excluding carboxylic acids is 4. The van der Waals surface area contributed by atoms with Gasteiger partial charge >= 0.3 is 39.5 Å². The molecule has 0 saturated heterocycles. The molecule has 0 aliphatic rings. The Morgan fingerprint density at radius 1 is 0.307 bits per heavy atom. The standard InChI is InChI=1S/C69H134O17P2/c1-6-9-12-15-18-21-23-25-27-29-35-40-45-50-55-69(74)86-65(59-80-67(72)53-48-43-38-33-31-30-32-36-41-46-51-62(4)5)61-84-88(77,78)82-57-63(70)56-81-87(75,76)83-60-64(58-79-66(71)52-47-42-37-20-17-14-11-8-3)85-68(73)54-49-44-39-34-28-26-24-22-19-16-13-10-7-2/h62-65,70H,6-61H2,1-5H3,(H,75,76)(H,77,78)/t63-,64+,65+/m0/s1. The van der Waals surface area contributed by atoms with Crippen molar-refractivity contribution in [2.75, 3.05) is 39.6 Å². The molecule has 0 radical (unpaired) electrons. The van der Waals surface area contributed by atoms with E-state index < -0.39 is 97.5 Å². The quantitative estimate of drug-likeness (QED) is 0.0222. The molecule has 88 heavy (non-hydrogen) atoms. The molecule has 0 aliphatic heterocycles. The van der Waals surface area contributed by atoms with Crippen molar-refractivity contribution in [2.24, 2.45) is 5.92 Å². The zero-order valence-corrected chi connectivity index (χ0v) is 58.6. The molecule has 0 heterocycles. The Balaban J connectivity index is 5.23. The van der Waals surface area contributed by atoms with Crippen LogP contribution in [0.4, 0.5) is 0 Å². The van der Waals surface area contributed by atoms with Crippen LogP contribution < -0.4 is 0 Å². The molecule has 0 saturated carbocycles. The van der Waals surface area contributed by atoms with Crippen molar-refractivity contribution in [3.8, 4) is 0 Å². The lowest BCUT2D eigenvalue weighted by molar-refractivity contribution is -0.161. The number of hydrogen-bond donors (Lipinski definition) is 3. The van der Waals surface area contributed by atoms with Crippen LogP contribution >= 0.6 is 15.6 Å². The van der Waals surface area contributed by atoms with Crippen LogP contribution in [0.25, 0.3) is 0 Å². The summed E-state index contributed by atoms with van der Waals surface area (Å²) in [7, 11) is -9.89. The van der Waals surface area contributed by atoms with Crippen LogP contribution in [-0.4, -0.2) is 96.7 Å². The first-order valence-electron chi connectivity index (χ1n) is 36.1. The van der Waals surface area contributed by atoms with Gasteiger partial charge in [-0.05, 0) is 31.6 Å². The van der Waals surface area contributed by atoms with Gasteiger partial charge in [0, 0.05) is 25.7 Å². The van der Waals surface area contributed by atoms with Crippen LogP contribution in [0.15, 0.2) is 0 Å². The SMILES string of the molecule is CCCCCCCCCCCCCCCCC(=O)O[C@H](COC(=O)CCCCCCCCCCCCC(C)C)COP(=O)(O)OC[C@@H](O)COP(=O)(O)OC[C@@H](COC(=O)CCCCCCCCCC)OC(=O)CCCCCCCCCCCCCCC. The third kappa shape index (κ3) is 62.8. The van der Waals surface area contributed by atoms with E-state index in [0.717, 1.165) is 102 Å². The first-order valence-corrected chi connectivity index (χ1v) is 39.1. The van der Waals surface area contributed by atoms with E-state index in [1.165, 1.54) is 173 Å². The number of rotatable bonds is 69. The molecule has 0 bridgehead atoms. The van der Waals surface area contributed by atoms with Crippen LogP contribution in [0.3, 0.4) is 0 Å². The molecule has 5 atom stereocenters. The highest BCUT2D eigenvalue weighted by Gasteiger charge is 2.30. The molecule has 0 rings (SSSR count). The van der Waals surface area contributed by atoms with Gasteiger partial charge in [0.05, 0.1) is 26.4 Å². The third-order valence-corrected chi connectivity index (χ3v) is 17.9. The number of phosphoric ester groups is 2. The van der Waals surface area contributed by atoms with Crippen molar-refractivity contribution in [3.63, 3.8) is 0 Å². The molecule has 17 nitrogen and oxygen atoms in total. The van der Waals surface area contributed by atoms with Gasteiger partial charge in [-0.15, -0.1) is 0 Å². The molecule has 0 aliphatic carbocycles. The summed E-state index contributed by atoms with van der Waals surface area (Å²) in [4.78, 5) is 72.4. The highest BCUT2D eigenvalue weighted by atomic mass is 31.2. The Kier molecular flexibility index (Phi) is 61.1. The summed E-state index contributed by atoms with van der Waals surface area (Å²) < 4.78 is 68.2. The number of aliphatic hydroxyl groups is 1. The fourth-order valence-corrected chi connectivity index (χ4v) is 12.0. The number of esters is 4. The Bertz CT molecular complexity index is 1700. The number of aliphatic hydroxyl groups excluding tert-OH is 1. The molecule has 2 unspecified atom stereocenters. The van der Waals surface area contributed by atoms with Crippen molar-refractivity contribution >= 4 is 39.5 Å². The largest absolute Gasteiger partial charge is 0.472 e. The van der Waals surface area contributed by atoms with Gasteiger partial charge in [-0.2, -0.15) is 0 Å². The fourth-order valence-electron chi connectivity index (χ4n) is 10.5. The summed E-state index contributed by atoms with van der Waals surface area (Å²) in [6, 6.07) is 0. The predicted octanol–water partition coefficient (Wildman–Crippen LogP) is 19.7. The van der Waals surface area contributed by atoms with Gasteiger partial charge in [0.2, 0.25) is 0 Å². The summed E-state index contributed by atoms with van der Waals surface area (Å²) in [5.41, 5.74) is 0. The van der Waals surface area contributed by atoms with E-state index in [1.807, 2.05) is 0 Å². The zero-order chi connectivity index (χ0) is 64.9. The molecule has 19 heteroatoms. The summed E-state index contributed by atoms with van der Waals surface area (Å²) in [5, 5.41) is 10.6. The molecule has 0 amide bonds. The van der Waals surface area contributed by atoms with Crippen molar-refractivity contribution in [2.45, 2.75) is 374 Å². The zero-order valence-electron chi connectivity index (χ0n) is 56.9. The monoisotopic (exact) mass is 1300 g/mol. The van der Waals surface area contributed by atoms with Gasteiger partial charge in [-0.1, -0.05) is 304 Å². The molecule has 0 fully saturated rings. The minimum atomic E-state index is -4.95.